The van der Waals surface area contributed by atoms with Crippen LogP contribution in [0.2, 0.25) is 0 Å². The van der Waals surface area contributed by atoms with Gasteiger partial charge in [0.25, 0.3) is 0 Å². The normalized spacial score (nSPS) is 16.0. The van der Waals surface area contributed by atoms with E-state index in [1.165, 1.54) is 0 Å². The molecule has 0 amide bonds. The summed E-state index contributed by atoms with van der Waals surface area (Å²) >= 11 is 0. The third kappa shape index (κ3) is 10.1. The van der Waals surface area contributed by atoms with Crippen molar-refractivity contribution in [2.24, 2.45) is 5.92 Å². The Kier molecular flexibility index (Phi) is 7.88. The van der Waals surface area contributed by atoms with Crippen LogP contribution in [0.15, 0.2) is 0 Å². The van der Waals surface area contributed by atoms with Crippen LogP contribution in [0, 0.1) is 5.92 Å². The number of hydrogen-bond acceptors (Lipinski definition) is 2. The highest BCUT2D eigenvalue weighted by molar-refractivity contribution is 4.58. The summed E-state index contributed by atoms with van der Waals surface area (Å²) in [6.45, 7) is 5.34. The van der Waals surface area contributed by atoms with Crippen molar-refractivity contribution < 1.29 is 18.3 Å². The molecule has 4 heteroatoms. The molecule has 2 unspecified atom stereocenters. The number of ether oxygens (including phenoxy) is 2. The highest BCUT2D eigenvalue weighted by Gasteiger charge is 2.10. The summed E-state index contributed by atoms with van der Waals surface area (Å²) in [6, 6.07) is 0. The second-order valence-electron chi connectivity index (χ2n) is 4.27. The topological polar surface area (TPSA) is 18.5 Å². The third-order valence-corrected chi connectivity index (χ3v) is 2.08. The Hall–Kier alpha value is -0.220. The van der Waals surface area contributed by atoms with Gasteiger partial charge in [0.05, 0.1) is 18.8 Å². The number of halogens is 2. The van der Waals surface area contributed by atoms with Gasteiger partial charge in [-0.25, -0.2) is 0 Å². The van der Waals surface area contributed by atoms with Crippen LogP contribution in [0.4, 0.5) is 8.78 Å². The maximum absolute atomic E-state index is 11.7. The fraction of sp³-hybridized carbons (Fsp3) is 1.00. The van der Waals surface area contributed by atoms with E-state index in [0.717, 1.165) is 12.8 Å². The van der Waals surface area contributed by atoms with Crippen LogP contribution in [0.25, 0.3) is 0 Å². The fourth-order valence-electron chi connectivity index (χ4n) is 1.37. The second-order valence-corrected chi connectivity index (χ2v) is 4.27. The Bertz CT molecular complexity index is 152. The van der Waals surface area contributed by atoms with Crippen LogP contribution in [0.3, 0.4) is 0 Å². The van der Waals surface area contributed by atoms with Crippen molar-refractivity contribution in [3.8, 4) is 0 Å². The van der Waals surface area contributed by atoms with E-state index in [-0.39, 0.29) is 24.7 Å². The van der Waals surface area contributed by atoms with Gasteiger partial charge in [0.15, 0.2) is 0 Å². The molecule has 0 radical (unpaired) electrons. The summed E-state index contributed by atoms with van der Waals surface area (Å²) in [5.41, 5.74) is 0. The lowest BCUT2D eigenvalue weighted by Gasteiger charge is -2.18. The Morgan fingerprint density at radius 2 is 1.60 bits per heavy atom. The Morgan fingerprint density at radius 3 is 2.07 bits per heavy atom. The molecule has 0 spiro atoms. The first-order valence-electron chi connectivity index (χ1n) is 5.47. The van der Waals surface area contributed by atoms with Crippen molar-refractivity contribution >= 4 is 0 Å². The highest BCUT2D eigenvalue weighted by atomic mass is 19.3. The van der Waals surface area contributed by atoms with Gasteiger partial charge in [-0.2, -0.15) is 8.78 Å². The lowest BCUT2D eigenvalue weighted by atomic mass is 10.0. The molecule has 0 saturated carbocycles. The standard InChI is InChI=1S/C11H22F2O2/c1-8(2)15-10(4)6-5-9(3)7-14-11(12)13/h8-11H,5-7H2,1-4H3. The van der Waals surface area contributed by atoms with Gasteiger partial charge in [0.1, 0.15) is 0 Å². The van der Waals surface area contributed by atoms with Gasteiger partial charge in [-0.1, -0.05) is 6.92 Å². The lowest BCUT2D eigenvalue weighted by molar-refractivity contribution is -0.137. The van der Waals surface area contributed by atoms with E-state index in [0.29, 0.717) is 0 Å². The highest BCUT2D eigenvalue weighted by Crippen LogP contribution is 2.12. The average molecular weight is 224 g/mol. The van der Waals surface area contributed by atoms with Gasteiger partial charge in [0, 0.05) is 0 Å². The maximum atomic E-state index is 11.7. The molecule has 0 aliphatic rings. The van der Waals surface area contributed by atoms with Crippen molar-refractivity contribution in [3.05, 3.63) is 0 Å². The molecule has 0 saturated heterocycles. The van der Waals surface area contributed by atoms with Gasteiger partial charge in [-0.05, 0) is 39.5 Å². The quantitative estimate of drug-likeness (QED) is 0.628. The molecule has 0 aromatic rings. The summed E-state index contributed by atoms with van der Waals surface area (Å²) in [4.78, 5) is 0. The largest absolute Gasteiger partial charge is 0.376 e. The van der Waals surface area contributed by atoms with Crippen molar-refractivity contribution in [1.29, 1.82) is 0 Å². The SMILES string of the molecule is CC(CCC(C)OC(C)C)COC(F)F. The van der Waals surface area contributed by atoms with E-state index in [1.807, 2.05) is 27.7 Å². The van der Waals surface area contributed by atoms with E-state index in [4.69, 9.17) is 4.74 Å². The van der Waals surface area contributed by atoms with Crippen LogP contribution < -0.4 is 0 Å². The minimum absolute atomic E-state index is 0.117. The molecule has 92 valence electrons. The molecule has 0 aromatic carbocycles. The van der Waals surface area contributed by atoms with E-state index in [1.54, 1.807) is 0 Å². The first-order valence-corrected chi connectivity index (χ1v) is 5.47. The summed E-state index contributed by atoms with van der Waals surface area (Å²) in [7, 11) is 0. The van der Waals surface area contributed by atoms with E-state index >= 15 is 0 Å². The molecule has 2 atom stereocenters. The first kappa shape index (κ1) is 14.8. The van der Waals surface area contributed by atoms with Gasteiger partial charge < -0.3 is 9.47 Å². The van der Waals surface area contributed by atoms with E-state index in [2.05, 4.69) is 4.74 Å². The smallest absolute Gasteiger partial charge is 0.345 e. The monoisotopic (exact) mass is 224 g/mol. The predicted octanol–water partition coefficient (Wildman–Crippen LogP) is 3.46. The van der Waals surface area contributed by atoms with Crippen LogP contribution in [0.5, 0.6) is 0 Å². The molecule has 0 aromatic heterocycles. The molecular formula is C11H22F2O2. The zero-order valence-corrected chi connectivity index (χ0v) is 10.0. The van der Waals surface area contributed by atoms with Crippen LogP contribution in [0.1, 0.15) is 40.5 Å². The fourth-order valence-corrected chi connectivity index (χ4v) is 1.37. The van der Waals surface area contributed by atoms with Crippen LogP contribution in [-0.2, 0) is 9.47 Å². The first-order chi connectivity index (χ1) is 6.91. The molecule has 2 nitrogen and oxygen atoms in total. The zero-order valence-electron chi connectivity index (χ0n) is 10.0. The molecule has 0 bridgehead atoms. The summed E-state index contributed by atoms with van der Waals surface area (Å²) in [6.07, 6.45) is 2.12. The minimum atomic E-state index is -2.66. The predicted molar refractivity (Wildman–Crippen MR) is 56.0 cm³/mol. The summed E-state index contributed by atoms with van der Waals surface area (Å²) < 4.78 is 33.2. The second kappa shape index (κ2) is 7.99. The van der Waals surface area contributed by atoms with E-state index in [9.17, 15) is 8.78 Å². The maximum Gasteiger partial charge on any atom is 0.345 e. The molecule has 0 rings (SSSR count). The molecule has 15 heavy (non-hydrogen) atoms. The number of alkyl halides is 2. The minimum Gasteiger partial charge on any atom is -0.376 e. The molecule has 0 aliphatic carbocycles. The summed E-state index contributed by atoms with van der Waals surface area (Å²) in [5.74, 6) is 0.150. The lowest BCUT2D eigenvalue weighted by Crippen LogP contribution is -2.17. The third-order valence-electron chi connectivity index (χ3n) is 2.08. The van der Waals surface area contributed by atoms with Gasteiger partial charge in [-0.3, -0.25) is 0 Å². The van der Waals surface area contributed by atoms with E-state index < -0.39 is 6.61 Å². The molecule has 0 aliphatic heterocycles. The van der Waals surface area contributed by atoms with Crippen molar-refractivity contribution in [3.63, 3.8) is 0 Å². The van der Waals surface area contributed by atoms with Gasteiger partial charge in [-0.15, -0.1) is 0 Å². The van der Waals surface area contributed by atoms with Gasteiger partial charge >= 0.3 is 6.61 Å². The van der Waals surface area contributed by atoms with Crippen molar-refractivity contribution in [1.82, 2.24) is 0 Å². The molecule has 0 fully saturated rings. The van der Waals surface area contributed by atoms with Gasteiger partial charge in [0.2, 0.25) is 0 Å². The Balaban J connectivity index is 3.48. The summed E-state index contributed by atoms with van der Waals surface area (Å²) in [5, 5.41) is 0. The van der Waals surface area contributed by atoms with Crippen molar-refractivity contribution in [2.45, 2.75) is 59.4 Å². The van der Waals surface area contributed by atoms with Crippen LogP contribution >= 0.6 is 0 Å². The molecule has 0 heterocycles. The van der Waals surface area contributed by atoms with Crippen LogP contribution in [-0.4, -0.2) is 25.4 Å². The average Bonchev–Trinajstić information content (AvgIpc) is 2.10. The zero-order chi connectivity index (χ0) is 11.8. The number of hydrogen-bond donors (Lipinski definition) is 0. The number of rotatable bonds is 8. The molecule has 0 N–H and O–H groups in total. The Morgan fingerprint density at radius 1 is 1.00 bits per heavy atom. The molecular weight excluding hydrogens is 202 g/mol. The Labute approximate surface area is 90.9 Å². The van der Waals surface area contributed by atoms with Crippen molar-refractivity contribution in [2.75, 3.05) is 6.61 Å².